The number of carbonyl (C=O) groups is 2. The Balaban J connectivity index is 2.35. The summed E-state index contributed by atoms with van der Waals surface area (Å²) < 4.78 is 11.7. The molecule has 8 heteroatoms. The number of methoxy groups -OCH3 is 2. The van der Waals surface area contributed by atoms with Crippen LogP contribution in [0.5, 0.6) is 11.5 Å². The number of ether oxygens (including phenoxy) is 2. The molecule has 0 saturated carbocycles. The molecule has 0 saturated heterocycles. The van der Waals surface area contributed by atoms with Gasteiger partial charge in [-0.1, -0.05) is 13.8 Å². The maximum absolute atomic E-state index is 12.9. The molecule has 0 fully saturated rings. The van der Waals surface area contributed by atoms with Crippen LogP contribution in [-0.2, 0) is 7.05 Å². The highest BCUT2D eigenvalue weighted by Gasteiger charge is 2.19. The number of pyridine rings is 1. The van der Waals surface area contributed by atoms with E-state index < -0.39 is 11.5 Å². The number of rotatable bonds is 9. The van der Waals surface area contributed by atoms with E-state index in [4.69, 9.17) is 9.47 Å². The largest absolute Gasteiger partial charge is 0.493 e. The summed E-state index contributed by atoms with van der Waals surface area (Å²) in [4.78, 5) is 39.9. The quantitative estimate of drug-likeness (QED) is 0.680. The van der Waals surface area contributed by atoms with E-state index in [1.807, 2.05) is 13.8 Å². The van der Waals surface area contributed by atoms with Gasteiger partial charge in [0.05, 0.1) is 19.8 Å². The number of hydrogen-bond donors (Lipinski definition) is 1. The van der Waals surface area contributed by atoms with Gasteiger partial charge in [0.25, 0.3) is 17.4 Å². The summed E-state index contributed by atoms with van der Waals surface area (Å²) in [7, 11) is 4.53. The molecule has 2 rings (SSSR count). The highest BCUT2D eigenvalue weighted by atomic mass is 16.5. The summed E-state index contributed by atoms with van der Waals surface area (Å²) in [5, 5.41) is 2.61. The van der Waals surface area contributed by atoms with E-state index in [1.54, 1.807) is 24.1 Å². The third-order valence-electron chi connectivity index (χ3n) is 4.60. The number of carbonyl (C=O) groups excluding carboxylic acids is 2. The van der Waals surface area contributed by atoms with Gasteiger partial charge in [-0.3, -0.25) is 14.4 Å². The van der Waals surface area contributed by atoms with Gasteiger partial charge in [-0.05, 0) is 37.1 Å². The fourth-order valence-corrected chi connectivity index (χ4v) is 3.13. The van der Waals surface area contributed by atoms with E-state index in [-0.39, 0.29) is 11.6 Å². The summed E-state index contributed by atoms with van der Waals surface area (Å²) >= 11 is 0. The summed E-state index contributed by atoms with van der Waals surface area (Å²) in [6, 6.07) is 6.14. The number of nitrogens with one attached hydrogen (secondary N) is 1. The van der Waals surface area contributed by atoms with Gasteiger partial charge in [0.2, 0.25) is 0 Å². The van der Waals surface area contributed by atoms with Crippen molar-refractivity contribution < 1.29 is 19.1 Å². The molecule has 0 aliphatic heterocycles. The van der Waals surface area contributed by atoms with E-state index in [2.05, 4.69) is 5.32 Å². The van der Waals surface area contributed by atoms with Crippen molar-refractivity contribution in [2.45, 2.75) is 26.7 Å². The third-order valence-corrected chi connectivity index (χ3v) is 4.60. The lowest BCUT2D eigenvalue weighted by molar-refractivity contribution is 0.0754. The van der Waals surface area contributed by atoms with Gasteiger partial charge >= 0.3 is 0 Å². The van der Waals surface area contributed by atoms with Gasteiger partial charge in [-0.25, -0.2) is 0 Å². The minimum absolute atomic E-state index is 0.0380. The standard InChI is InChI=1S/C22H29N3O5/c1-6-10-25(11-7-2)21(27)16-12-17(22(28)24(3)14-16)23-20(26)15-8-9-18(29-4)19(13-15)30-5/h8-9,12-14H,6-7,10-11H2,1-5H3,(H,23,26). The van der Waals surface area contributed by atoms with Gasteiger partial charge in [-0.2, -0.15) is 0 Å². The smallest absolute Gasteiger partial charge is 0.274 e. The molecule has 8 nitrogen and oxygen atoms in total. The summed E-state index contributed by atoms with van der Waals surface area (Å²) in [6.45, 7) is 5.27. The Labute approximate surface area is 176 Å². The lowest BCUT2D eigenvalue weighted by Gasteiger charge is -2.22. The molecule has 1 heterocycles. The van der Waals surface area contributed by atoms with E-state index in [0.717, 1.165) is 12.8 Å². The Bertz CT molecular complexity index is 962. The van der Waals surface area contributed by atoms with E-state index in [9.17, 15) is 14.4 Å². The zero-order valence-corrected chi connectivity index (χ0v) is 18.2. The van der Waals surface area contributed by atoms with Crippen molar-refractivity contribution in [3.8, 4) is 11.5 Å². The molecule has 2 amide bonds. The molecular formula is C22H29N3O5. The lowest BCUT2D eigenvalue weighted by atomic mass is 10.1. The van der Waals surface area contributed by atoms with Crippen LogP contribution in [0.3, 0.4) is 0 Å². The van der Waals surface area contributed by atoms with Crippen LogP contribution in [0.1, 0.15) is 47.4 Å². The maximum atomic E-state index is 12.9. The highest BCUT2D eigenvalue weighted by Crippen LogP contribution is 2.27. The van der Waals surface area contributed by atoms with Crippen molar-refractivity contribution in [2.24, 2.45) is 7.05 Å². The third kappa shape index (κ3) is 5.20. The fraction of sp³-hybridized carbons (Fsp3) is 0.409. The van der Waals surface area contributed by atoms with Crippen LogP contribution in [0.25, 0.3) is 0 Å². The molecule has 0 aliphatic carbocycles. The summed E-state index contributed by atoms with van der Waals surface area (Å²) in [6.07, 6.45) is 3.16. The number of anilines is 1. The van der Waals surface area contributed by atoms with Crippen LogP contribution in [-0.4, -0.2) is 48.6 Å². The number of amides is 2. The van der Waals surface area contributed by atoms with Crippen LogP contribution < -0.4 is 20.3 Å². The Morgan fingerprint density at radius 3 is 2.20 bits per heavy atom. The fourth-order valence-electron chi connectivity index (χ4n) is 3.13. The predicted molar refractivity (Wildman–Crippen MR) is 116 cm³/mol. The molecular weight excluding hydrogens is 386 g/mol. The maximum Gasteiger partial charge on any atom is 0.274 e. The summed E-state index contributed by atoms with van der Waals surface area (Å²) in [5.41, 5.74) is 0.278. The second-order valence-corrected chi connectivity index (χ2v) is 6.87. The van der Waals surface area contributed by atoms with Crippen LogP contribution in [0.2, 0.25) is 0 Å². The number of benzene rings is 1. The molecule has 0 bridgehead atoms. The molecule has 30 heavy (non-hydrogen) atoms. The molecule has 0 atom stereocenters. The molecule has 1 aromatic heterocycles. The molecule has 0 spiro atoms. The van der Waals surface area contributed by atoms with Crippen molar-refractivity contribution in [2.75, 3.05) is 32.6 Å². The lowest BCUT2D eigenvalue weighted by Crippen LogP contribution is -2.34. The Morgan fingerprint density at radius 1 is 1.00 bits per heavy atom. The van der Waals surface area contributed by atoms with Gasteiger partial charge in [0.15, 0.2) is 11.5 Å². The number of hydrogen-bond acceptors (Lipinski definition) is 5. The minimum atomic E-state index is -0.489. The zero-order valence-electron chi connectivity index (χ0n) is 18.2. The minimum Gasteiger partial charge on any atom is -0.493 e. The SMILES string of the molecule is CCCN(CCC)C(=O)c1cc(NC(=O)c2ccc(OC)c(OC)c2)c(=O)n(C)c1. The Hall–Kier alpha value is -3.29. The van der Waals surface area contributed by atoms with Crippen molar-refractivity contribution in [3.63, 3.8) is 0 Å². The summed E-state index contributed by atoms with van der Waals surface area (Å²) in [5.74, 6) is 0.230. The molecule has 0 unspecified atom stereocenters. The van der Waals surface area contributed by atoms with Crippen LogP contribution in [0, 0.1) is 0 Å². The van der Waals surface area contributed by atoms with Crippen LogP contribution >= 0.6 is 0 Å². The first-order valence-corrected chi connectivity index (χ1v) is 9.89. The second kappa shape index (κ2) is 10.5. The van der Waals surface area contributed by atoms with Crippen LogP contribution in [0.4, 0.5) is 5.69 Å². The normalized spacial score (nSPS) is 10.4. The topological polar surface area (TPSA) is 89.9 Å². The Kier molecular flexibility index (Phi) is 8.03. The number of aryl methyl sites for hydroxylation is 1. The van der Waals surface area contributed by atoms with E-state index in [1.165, 1.54) is 37.1 Å². The van der Waals surface area contributed by atoms with Gasteiger partial charge in [0.1, 0.15) is 5.69 Å². The molecule has 0 radical (unpaired) electrons. The molecule has 1 N–H and O–H groups in total. The van der Waals surface area contributed by atoms with Crippen molar-refractivity contribution in [1.82, 2.24) is 9.47 Å². The first-order valence-electron chi connectivity index (χ1n) is 9.89. The number of aromatic nitrogens is 1. The molecule has 1 aromatic carbocycles. The van der Waals surface area contributed by atoms with Gasteiger partial charge in [-0.15, -0.1) is 0 Å². The van der Waals surface area contributed by atoms with E-state index >= 15 is 0 Å². The van der Waals surface area contributed by atoms with Gasteiger partial charge in [0, 0.05) is 31.9 Å². The molecule has 0 aliphatic rings. The average Bonchev–Trinajstić information content (AvgIpc) is 2.75. The molecule has 2 aromatic rings. The van der Waals surface area contributed by atoms with Crippen molar-refractivity contribution in [1.29, 1.82) is 0 Å². The second-order valence-electron chi connectivity index (χ2n) is 6.87. The Morgan fingerprint density at radius 2 is 1.63 bits per heavy atom. The zero-order chi connectivity index (χ0) is 22.3. The predicted octanol–water partition coefficient (Wildman–Crippen LogP) is 2.92. The number of nitrogens with zero attached hydrogens (tertiary/aromatic N) is 2. The first-order chi connectivity index (χ1) is 14.4. The van der Waals surface area contributed by atoms with Crippen molar-refractivity contribution >= 4 is 17.5 Å². The van der Waals surface area contributed by atoms with E-state index in [0.29, 0.717) is 35.7 Å². The monoisotopic (exact) mass is 415 g/mol. The van der Waals surface area contributed by atoms with Gasteiger partial charge < -0.3 is 24.3 Å². The highest BCUT2D eigenvalue weighted by molar-refractivity contribution is 6.05. The average molecular weight is 415 g/mol. The first kappa shape index (κ1) is 23.0. The molecule has 162 valence electrons. The van der Waals surface area contributed by atoms with Crippen LogP contribution in [0.15, 0.2) is 35.3 Å². The van der Waals surface area contributed by atoms with Crippen molar-refractivity contribution in [3.05, 3.63) is 51.9 Å².